The molecule has 164 valence electrons. The Morgan fingerprint density at radius 2 is 1.97 bits per heavy atom. The van der Waals surface area contributed by atoms with Crippen LogP contribution in [0.4, 0.5) is 0 Å². The first-order valence-corrected chi connectivity index (χ1v) is 13.8. The second-order valence-corrected chi connectivity index (χ2v) is 14.8. The van der Waals surface area contributed by atoms with Gasteiger partial charge < -0.3 is 14.3 Å². The van der Waals surface area contributed by atoms with Gasteiger partial charge in [-0.05, 0) is 73.8 Å². The molecule has 30 heavy (non-hydrogen) atoms. The molecule has 0 spiro atoms. The quantitative estimate of drug-likeness (QED) is 0.464. The first-order valence-electron chi connectivity index (χ1n) is 10.8. The number of carbonyl (C=O) groups is 1. The molecule has 3 rings (SSSR count). The average molecular weight is 430 g/mol. The molecule has 0 saturated heterocycles. The van der Waals surface area contributed by atoms with Gasteiger partial charge in [0.25, 0.3) is 0 Å². The number of aryl methyl sites for hydroxylation is 2. The van der Waals surface area contributed by atoms with Crippen LogP contribution in [0.2, 0.25) is 18.1 Å². The van der Waals surface area contributed by atoms with Gasteiger partial charge in [0.1, 0.15) is 5.75 Å². The third-order valence-corrected chi connectivity index (χ3v) is 11.3. The maximum Gasteiger partial charge on any atom is 0.225 e. The van der Waals surface area contributed by atoms with Gasteiger partial charge in [0.2, 0.25) is 5.88 Å². The number of aromatic hydroxyl groups is 1. The van der Waals surface area contributed by atoms with Crippen LogP contribution in [0.5, 0.6) is 11.6 Å². The molecular weight excluding hydrogens is 394 g/mol. The smallest absolute Gasteiger partial charge is 0.225 e. The van der Waals surface area contributed by atoms with Gasteiger partial charge in [-0.2, -0.15) is 0 Å². The molecular formula is C24H35NO4Si. The number of methoxy groups -OCH3 is 1. The van der Waals surface area contributed by atoms with Crippen molar-refractivity contribution in [3.63, 3.8) is 0 Å². The highest BCUT2D eigenvalue weighted by molar-refractivity contribution is 6.74. The van der Waals surface area contributed by atoms with E-state index in [1.165, 1.54) is 7.11 Å². The summed E-state index contributed by atoms with van der Waals surface area (Å²) in [4.78, 5) is 17.6. The van der Waals surface area contributed by atoms with Crippen molar-refractivity contribution < 1.29 is 19.1 Å². The summed E-state index contributed by atoms with van der Waals surface area (Å²) in [5.41, 5.74) is 2.19. The van der Waals surface area contributed by atoms with E-state index in [1.54, 1.807) is 0 Å². The largest absolute Gasteiger partial charge is 0.506 e. The maximum atomic E-state index is 13.2. The van der Waals surface area contributed by atoms with Crippen LogP contribution in [0.15, 0.2) is 12.1 Å². The number of hydrogen-bond donors (Lipinski definition) is 1. The van der Waals surface area contributed by atoms with E-state index < -0.39 is 8.32 Å². The second-order valence-electron chi connectivity index (χ2n) is 9.98. The maximum absolute atomic E-state index is 13.2. The second kappa shape index (κ2) is 8.31. The van der Waals surface area contributed by atoms with E-state index in [4.69, 9.17) is 9.16 Å². The Kier molecular flexibility index (Phi) is 6.30. The first-order chi connectivity index (χ1) is 14.0. The molecule has 1 unspecified atom stereocenters. The zero-order chi connectivity index (χ0) is 22.3. The minimum absolute atomic E-state index is 0.0130. The fourth-order valence-corrected chi connectivity index (χ4v) is 5.08. The van der Waals surface area contributed by atoms with Gasteiger partial charge in [-0.25, -0.2) is 4.98 Å². The van der Waals surface area contributed by atoms with Crippen LogP contribution in [0, 0.1) is 12.8 Å². The van der Waals surface area contributed by atoms with Gasteiger partial charge >= 0.3 is 0 Å². The number of phenols is 1. The minimum atomic E-state index is -1.77. The highest BCUT2D eigenvalue weighted by Gasteiger charge is 2.37. The molecule has 1 aliphatic carbocycles. The summed E-state index contributed by atoms with van der Waals surface area (Å²) in [6.45, 7) is 13.8. The van der Waals surface area contributed by atoms with Crippen LogP contribution in [-0.2, 0) is 10.8 Å². The normalized spacial score (nSPS) is 17.3. The monoisotopic (exact) mass is 429 g/mol. The molecule has 2 aromatic rings. The Balaban J connectivity index is 1.78. The summed E-state index contributed by atoms with van der Waals surface area (Å²) in [6.07, 6.45) is 3.25. The van der Waals surface area contributed by atoms with E-state index >= 15 is 0 Å². The summed E-state index contributed by atoms with van der Waals surface area (Å²) in [5.74, 6) is 0.334. The molecule has 1 heterocycles. The Morgan fingerprint density at radius 1 is 1.27 bits per heavy atom. The molecule has 1 aliphatic rings. The summed E-state index contributed by atoms with van der Waals surface area (Å²) in [6, 6.07) is 3.93. The van der Waals surface area contributed by atoms with Crippen LogP contribution >= 0.6 is 0 Å². The molecule has 1 aromatic carbocycles. The molecule has 1 N–H and O–H groups in total. The molecule has 0 amide bonds. The van der Waals surface area contributed by atoms with E-state index in [9.17, 15) is 9.90 Å². The number of ether oxygens (including phenoxy) is 1. The zero-order valence-electron chi connectivity index (χ0n) is 19.4. The van der Waals surface area contributed by atoms with Crippen molar-refractivity contribution in [2.45, 2.75) is 71.5 Å². The average Bonchev–Trinajstić information content (AvgIpc) is 2.64. The molecule has 0 aliphatic heterocycles. The highest BCUT2D eigenvalue weighted by atomic mass is 28.4. The van der Waals surface area contributed by atoms with E-state index in [0.717, 1.165) is 42.3 Å². The number of fused-ring (bicyclic) bond motifs is 2. The molecule has 0 fully saturated rings. The fourth-order valence-electron chi connectivity index (χ4n) is 3.99. The first kappa shape index (κ1) is 22.8. The predicted molar refractivity (Wildman–Crippen MR) is 123 cm³/mol. The lowest BCUT2D eigenvalue weighted by atomic mass is 9.79. The lowest BCUT2D eigenvalue weighted by molar-refractivity contribution is 0.0886. The number of phenolic OH excluding ortho intramolecular Hbond substituents is 1. The van der Waals surface area contributed by atoms with E-state index in [2.05, 4.69) is 38.8 Å². The molecule has 6 heteroatoms. The number of rotatable bonds is 6. The summed E-state index contributed by atoms with van der Waals surface area (Å²) in [7, 11) is -0.232. The van der Waals surface area contributed by atoms with E-state index in [1.807, 2.05) is 19.1 Å². The highest BCUT2D eigenvalue weighted by Crippen LogP contribution is 2.42. The predicted octanol–water partition coefficient (Wildman–Crippen LogP) is 5.80. The van der Waals surface area contributed by atoms with Gasteiger partial charge in [-0.1, -0.05) is 20.8 Å². The zero-order valence-corrected chi connectivity index (χ0v) is 20.4. The van der Waals surface area contributed by atoms with Crippen molar-refractivity contribution in [2.24, 2.45) is 5.92 Å². The van der Waals surface area contributed by atoms with Crippen LogP contribution < -0.4 is 4.74 Å². The SMILES string of the molecule is COc1nc(C)cc2cc3c(c(O)c12)C(=O)C(CCCO[Si](C)(C)C(C)(C)C)CC3. The van der Waals surface area contributed by atoms with E-state index in [-0.39, 0.29) is 22.5 Å². The Morgan fingerprint density at radius 3 is 2.60 bits per heavy atom. The number of pyridine rings is 1. The van der Waals surface area contributed by atoms with Crippen LogP contribution in [-0.4, -0.2) is 37.9 Å². The standard InChI is InChI=1S/C24H35NO4Si/c1-15-13-18-14-17-11-10-16(9-8-12-29-30(6,7)24(2,3)4)21(26)19(17)22(27)20(18)23(25-15)28-5/h13-14,16,27H,8-12H2,1-7H3. The third kappa shape index (κ3) is 4.26. The van der Waals surface area contributed by atoms with Crippen molar-refractivity contribution in [1.82, 2.24) is 4.98 Å². The van der Waals surface area contributed by atoms with Crippen LogP contribution in [0.3, 0.4) is 0 Å². The number of benzene rings is 1. The number of hydrogen-bond acceptors (Lipinski definition) is 5. The number of nitrogens with zero attached hydrogens (tertiary/aromatic N) is 1. The Labute approximate surface area is 180 Å². The van der Waals surface area contributed by atoms with Crippen LogP contribution in [0.1, 0.15) is 61.6 Å². The third-order valence-electron chi connectivity index (χ3n) is 6.81. The number of ketones is 1. The Hall–Kier alpha value is -1.92. The number of Topliss-reactive ketones (excluding diaryl/α,β-unsaturated/α-hetero) is 1. The Bertz CT molecular complexity index is 962. The van der Waals surface area contributed by atoms with Gasteiger partial charge in [-0.3, -0.25) is 4.79 Å². The summed E-state index contributed by atoms with van der Waals surface area (Å²) < 4.78 is 11.7. The fraction of sp³-hybridized carbons (Fsp3) is 0.583. The van der Waals surface area contributed by atoms with Crippen molar-refractivity contribution in [3.8, 4) is 11.6 Å². The van der Waals surface area contributed by atoms with Crippen molar-refractivity contribution >= 4 is 24.9 Å². The minimum Gasteiger partial charge on any atom is -0.506 e. The molecule has 5 nitrogen and oxygen atoms in total. The lowest BCUT2D eigenvalue weighted by Gasteiger charge is -2.36. The summed E-state index contributed by atoms with van der Waals surface area (Å²) in [5, 5.41) is 12.6. The van der Waals surface area contributed by atoms with Gasteiger partial charge in [0, 0.05) is 18.2 Å². The van der Waals surface area contributed by atoms with Crippen LogP contribution in [0.25, 0.3) is 10.8 Å². The molecule has 0 radical (unpaired) electrons. The van der Waals surface area contributed by atoms with Gasteiger partial charge in [0.15, 0.2) is 14.1 Å². The number of carbonyl (C=O) groups excluding carboxylic acids is 1. The van der Waals surface area contributed by atoms with Crippen molar-refractivity contribution in [3.05, 3.63) is 29.0 Å². The van der Waals surface area contributed by atoms with Crippen molar-refractivity contribution in [1.29, 1.82) is 0 Å². The summed E-state index contributed by atoms with van der Waals surface area (Å²) >= 11 is 0. The molecule has 0 saturated carbocycles. The number of aromatic nitrogens is 1. The van der Waals surface area contributed by atoms with Crippen molar-refractivity contribution in [2.75, 3.05) is 13.7 Å². The van der Waals surface area contributed by atoms with E-state index in [0.29, 0.717) is 23.4 Å². The molecule has 1 aromatic heterocycles. The lowest BCUT2D eigenvalue weighted by Crippen LogP contribution is -2.41. The van der Waals surface area contributed by atoms with Gasteiger partial charge in [0.05, 0.1) is 18.1 Å². The molecule has 1 atom stereocenters. The molecule has 0 bridgehead atoms. The topological polar surface area (TPSA) is 68.7 Å². The van der Waals surface area contributed by atoms with Gasteiger partial charge in [-0.15, -0.1) is 0 Å².